The number of rotatable bonds is 8. The number of aromatic amines is 1. The molecule has 0 saturated carbocycles. The number of morpholine rings is 1. The van der Waals surface area contributed by atoms with Gasteiger partial charge in [0.2, 0.25) is 0 Å². The molecule has 0 radical (unpaired) electrons. The summed E-state index contributed by atoms with van der Waals surface area (Å²) in [6, 6.07) is 7.93. The molecular weight excluding hydrogens is 507 g/mol. The normalized spacial score (nSPS) is 21.5. The van der Waals surface area contributed by atoms with Crippen LogP contribution in [-0.2, 0) is 20.7 Å². The van der Waals surface area contributed by atoms with Gasteiger partial charge in [0.1, 0.15) is 24.4 Å². The van der Waals surface area contributed by atoms with E-state index in [1.54, 1.807) is 36.3 Å². The zero-order valence-corrected chi connectivity index (χ0v) is 21.7. The Morgan fingerprint density at radius 2 is 1.95 bits per heavy atom. The van der Waals surface area contributed by atoms with Crippen LogP contribution in [0.15, 0.2) is 36.4 Å². The largest absolute Gasteiger partial charge is 0.508 e. The van der Waals surface area contributed by atoms with E-state index in [0.717, 1.165) is 24.0 Å². The Hall–Kier alpha value is -3.67. The van der Waals surface area contributed by atoms with Crippen LogP contribution in [0.5, 0.6) is 11.5 Å². The van der Waals surface area contributed by atoms with E-state index in [2.05, 4.69) is 9.88 Å². The topological polar surface area (TPSA) is 108 Å². The minimum Gasteiger partial charge on any atom is -0.508 e. The molecule has 3 aromatic rings. The van der Waals surface area contributed by atoms with Crippen LogP contribution in [0.4, 0.5) is 9.18 Å². The lowest BCUT2D eigenvalue weighted by Gasteiger charge is -2.36. The van der Waals surface area contributed by atoms with Gasteiger partial charge in [-0.15, -0.1) is 0 Å². The summed E-state index contributed by atoms with van der Waals surface area (Å²) in [7, 11) is 1.54. The zero-order chi connectivity index (χ0) is 27.1. The standard InChI is InChI=1S/C28H31FN4O6/c1-37-11-12-39-24-15-19-20-14-23-27(35)32(6-5-31-7-9-38-10-8-31)28(36)33(23)26(17-3-2-4-18(34)13-17)25(20)30-22(19)16-21(24)29/h2-4,13,15-16,23,26,30,34H,5-12,14H2,1H3. The van der Waals surface area contributed by atoms with Crippen molar-refractivity contribution in [2.45, 2.75) is 18.5 Å². The van der Waals surface area contributed by atoms with Gasteiger partial charge in [-0.2, -0.15) is 0 Å². The smallest absolute Gasteiger partial charge is 0.328 e. The molecule has 2 fully saturated rings. The summed E-state index contributed by atoms with van der Waals surface area (Å²) in [5, 5.41) is 11.0. The third kappa shape index (κ3) is 4.60. The number of fused-ring (bicyclic) bond motifs is 4. The average Bonchev–Trinajstić information content (AvgIpc) is 3.40. The Labute approximate surface area is 224 Å². The van der Waals surface area contributed by atoms with Crippen molar-refractivity contribution < 1.29 is 33.3 Å². The highest BCUT2D eigenvalue weighted by Crippen LogP contribution is 2.45. The number of urea groups is 1. The van der Waals surface area contributed by atoms with Gasteiger partial charge in [0.15, 0.2) is 11.6 Å². The number of carbonyl (C=O) groups excluding carboxylic acids is 2. The second-order valence-corrected chi connectivity index (χ2v) is 10.0. The summed E-state index contributed by atoms with van der Waals surface area (Å²) in [6.45, 7) is 4.16. The molecule has 2 N–H and O–H groups in total. The van der Waals surface area contributed by atoms with Gasteiger partial charge in [0.25, 0.3) is 5.91 Å². The highest BCUT2D eigenvalue weighted by Gasteiger charge is 2.52. The van der Waals surface area contributed by atoms with Crippen LogP contribution in [0.3, 0.4) is 0 Å². The fourth-order valence-corrected chi connectivity index (χ4v) is 5.84. The van der Waals surface area contributed by atoms with Crippen molar-refractivity contribution in [3.8, 4) is 11.5 Å². The minimum atomic E-state index is -0.719. The first-order chi connectivity index (χ1) is 19.0. The Bertz CT molecular complexity index is 1400. The van der Waals surface area contributed by atoms with Gasteiger partial charge in [-0.1, -0.05) is 12.1 Å². The minimum absolute atomic E-state index is 0.0503. The van der Waals surface area contributed by atoms with Gasteiger partial charge >= 0.3 is 6.03 Å². The molecule has 2 unspecified atom stereocenters. The lowest BCUT2D eigenvalue weighted by atomic mass is 9.88. The summed E-state index contributed by atoms with van der Waals surface area (Å²) < 4.78 is 30.9. The van der Waals surface area contributed by atoms with E-state index in [1.165, 1.54) is 11.0 Å². The number of phenols is 1. The number of amides is 3. The number of H-pyrrole nitrogens is 1. The van der Waals surface area contributed by atoms with Crippen molar-refractivity contribution in [3.63, 3.8) is 0 Å². The first-order valence-electron chi connectivity index (χ1n) is 13.1. The van der Waals surface area contributed by atoms with Gasteiger partial charge in [-0.05, 0) is 29.3 Å². The van der Waals surface area contributed by atoms with E-state index >= 15 is 0 Å². The fourth-order valence-electron chi connectivity index (χ4n) is 5.84. The van der Waals surface area contributed by atoms with Gasteiger partial charge < -0.3 is 24.3 Å². The molecule has 6 rings (SSSR count). The van der Waals surface area contributed by atoms with E-state index in [0.29, 0.717) is 43.1 Å². The van der Waals surface area contributed by atoms with Gasteiger partial charge in [-0.25, -0.2) is 9.18 Å². The van der Waals surface area contributed by atoms with Gasteiger partial charge in [0, 0.05) is 62.4 Å². The number of hydrogen-bond donors (Lipinski definition) is 2. The highest BCUT2D eigenvalue weighted by molar-refractivity contribution is 6.05. The van der Waals surface area contributed by atoms with Crippen LogP contribution >= 0.6 is 0 Å². The van der Waals surface area contributed by atoms with Crippen molar-refractivity contribution in [1.82, 2.24) is 19.7 Å². The Morgan fingerprint density at radius 1 is 1.13 bits per heavy atom. The number of hydrogen-bond acceptors (Lipinski definition) is 7. The third-order valence-corrected chi connectivity index (χ3v) is 7.75. The molecule has 11 heteroatoms. The predicted octanol–water partition coefficient (Wildman–Crippen LogP) is 2.65. The average molecular weight is 539 g/mol. The summed E-state index contributed by atoms with van der Waals surface area (Å²) >= 11 is 0. The number of nitrogens with one attached hydrogen (secondary N) is 1. The summed E-state index contributed by atoms with van der Waals surface area (Å²) in [4.78, 5) is 35.9. The lowest BCUT2D eigenvalue weighted by molar-refractivity contribution is -0.128. The number of benzene rings is 2. The molecule has 4 heterocycles. The highest BCUT2D eigenvalue weighted by atomic mass is 19.1. The monoisotopic (exact) mass is 538 g/mol. The van der Waals surface area contributed by atoms with Crippen molar-refractivity contribution in [1.29, 1.82) is 0 Å². The van der Waals surface area contributed by atoms with Crippen molar-refractivity contribution in [3.05, 3.63) is 59.0 Å². The fraction of sp³-hybridized carbons (Fsp3) is 0.429. The molecule has 3 aliphatic heterocycles. The van der Waals surface area contributed by atoms with E-state index in [-0.39, 0.29) is 43.0 Å². The van der Waals surface area contributed by atoms with Crippen LogP contribution in [0, 0.1) is 5.82 Å². The molecule has 3 amide bonds. The molecule has 2 atom stereocenters. The number of imide groups is 1. The lowest BCUT2D eigenvalue weighted by Crippen LogP contribution is -2.44. The number of halogens is 1. The molecular formula is C28H31FN4O6. The van der Waals surface area contributed by atoms with E-state index < -0.39 is 17.9 Å². The molecule has 2 aromatic carbocycles. The van der Waals surface area contributed by atoms with Crippen LogP contribution in [-0.4, -0.2) is 102 Å². The Kier molecular flexibility index (Phi) is 6.88. The van der Waals surface area contributed by atoms with E-state index in [9.17, 15) is 19.1 Å². The predicted molar refractivity (Wildman–Crippen MR) is 139 cm³/mol. The first kappa shape index (κ1) is 25.6. The summed E-state index contributed by atoms with van der Waals surface area (Å²) in [6.07, 6.45) is 0.284. The molecule has 1 aromatic heterocycles. The van der Waals surface area contributed by atoms with Crippen LogP contribution < -0.4 is 4.74 Å². The summed E-state index contributed by atoms with van der Waals surface area (Å²) in [5.74, 6) is -0.627. The van der Waals surface area contributed by atoms with E-state index in [1.807, 2.05) is 6.07 Å². The number of nitrogens with zero attached hydrogens (tertiary/aromatic N) is 3. The zero-order valence-electron chi connectivity index (χ0n) is 21.7. The van der Waals surface area contributed by atoms with Crippen LogP contribution in [0.25, 0.3) is 10.9 Å². The maximum Gasteiger partial charge on any atom is 0.328 e. The number of methoxy groups -OCH3 is 1. The Morgan fingerprint density at radius 3 is 2.72 bits per heavy atom. The molecule has 0 bridgehead atoms. The molecule has 3 aliphatic rings. The van der Waals surface area contributed by atoms with Gasteiger partial charge in [-0.3, -0.25) is 19.5 Å². The van der Waals surface area contributed by atoms with Crippen molar-refractivity contribution in [2.75, 3.05) is 59.7 Å². The first-order valence-corrected chi connectivity index (χ1v) is 13.1. The van der Waals surface area contributed by atoms with Gasteiger partial charge in [0.05, 0.1) is 19.8 Å². The van der Waals surface area contributed by atoms with Crippen molar-refractivity contribution in [2.24, 2.45) is 0 Å². The third-order valence-electron chi connectivity index (χ3n) is 7.75. The Balaban J connectivity index is 1.39. The molecule has 0 spiro atoms. The van der Waals surface area contributed by atoms with Crippen molar-refractivity contribution >= 4 is 22.8 Å². The second-order valence-electron chi connectivity index (χ2n) is 10.0. The van der Waals surface area contributed by atoms with E-state index in [4.69, 9.17) is 14.2 Å². The molecule has 0 aliphatic carbocycles. The number of carbonyl (C=O) groups is 2. The van der Waals surface area contributed by atoms with Crippen LogP contribution in [0.1, 0.15) is 22.9 Å². The van der Waals surface area contributed by atoms with Crippen LogP contribution in [0.2, 0.25) is 0 Å². The number of phenolic OH excluding ortho intramolecular Hbond substituents is 1. The number of ether oxygens (including phenoxy) is 3. The molecule has 206 valence electrons. The number of aromatic hydroxyl groups is 1. The molecule has 39 heavy (non-hydrogen) atoms. The quantitative estimate of drug-likeness (QED) is 0.335. The molecule has 2 saturated heterocycles. The molecule has 10 nitrogen and oxygen atoms in total. The SMILES string of the molecule is COCCOc1cc2c3c([nH]c2cc1F)C(c1cccc(O)c1)N1C(=O)N(CCN2CCOCC2)C(=O)C1C3. The summed E-state index contributed by atoms with van der Waals surface area (Å²) in [5.41, 5.74) is 2.72. The maximum atomic E-state index is 14.9. The second kappa shape index (κ2) is 10.5. The number of aromatic nitrogens is 1. The maximum absolute atomic E-state index is 14.9.